The lowest BCUT2D eigenvalue weighted by Gasteiger charge is -2.27. The Hall–Kier alpha value is -0.700. The second-order valence-electron chi connectivity index (χ2n) is 3.75. The molecule has 0 heteroatoms. The standard InChI is InChI=1S/C10H14/c1-4-9-6-5-7-10(2,3)8-9/h1,6H,5,7-8H2,2-3H3. The third kappa shape index (κ3) is 1.64. The number of terminal acetylenes is 1. The van der Waals surface area contributed by atoms with Crippen LogP contribution in [0.5, 0.6) is 0 Å². The lowest BCUT2D eigenvalue weighted by Crippen LogP contribution is -2.14. The predicted octanol–water partition coefficient (Wildman–Crippen LogP) is 2.76. The van der Waals surface area contributed by atoms with Gasteiger partial charge in [0.2, 0.25) is 0 Å². The Labute approximate surface area is 63.3 Å². The van der Waals surface area contributed by atoms with E-state index in [-0.39, 0.29) is 0 Å². The molecule has 1 aliphatic rings. The van der Waals surface area contributed by atoms with E-state index in [1.165, 1.54) is 12.0 Å². The Balaban J connectivity index is 2.68. The molecule has 0 heterocycles. The molecule has 0 nitrogen and oxygen atoms in total. The quantitative estimate of drug-likeness (QED) is 0.447. The van der Waals surface area contributed by atoms with E-state index in [1.807, 2.05) is 0 Å². The van der Waals surface area contributed by atoms with Gasteiger partial charge in [-0.3, -0.25) is 0 Å². The molecule has 0 aromatic carbocycles. The van der Waals surface area contributed by atoms with Crippen LogP contribution >= 0.6 is 0 Å². The van der Waals surface area contributed by atoms with Gasteiger partial charge in [-0.1, -0.05) is 25.8 Å². The summed E-state index contributed by atoms with van der Waals surface area (Å²) >= 11 is 0. The van der Waals surface area contributed by atoms with Gasteiger partial charge in [0.1, 0.15) is 0 Å². The minimum atomic E-state index is 0.441. The third-order valence-corrected chi connectivity index (χ3v) is 2.07. The summed E-state index contributed by atoms with van der Waals surface area (Å²) in [6.07, 6.45) is 11.0. The van der Waals surface area contributed by atoms with Crippen molar-refractivity contribution in [2.75, 3.05) is 0 Å². The molecule has 0 aliphatic heterocycles. The molecule has 0 atom stereocenters. The molecule has 0 bridgehead atoms. The van der Waals surface area contributed by atoms with Crippen molar-refractivity contribution < 1.29 is 0 Å². The van der Waals surface area contributed by atoms with Crippen molar-refractivity contribution in [2.45, 2.75) is 33.1 Å². The molecule has 0 aromatic heterocycles. The van der Waals surface area contributed by atoms with Crippen molar-refractivity contribution in [3.8, 4) is 12.3 Å². The molecule has 0 radical (unpaired) electrons. The second-order valence-corrected chi connectivity index (χ2v) is 3.75. The second kappa shape index (κ2) is 2.50. The first-order valence-electron chi connectivity index (χ1n) is 3.80. The Morgan fingerprint density at radius 2 is 2.30 bits per heavy atom. The summed E-state index contributed by atoms with van der Waals surface area (Å²) in [5.41, 5.74) is 1.63. The fourth-order valence-corrected chi connectivity index (χ4v) is 1.42. The van der Waals surface area contributed by atoms with Crippen molar-refractivity contribution in [1.82, 2.24) is 0 Å². The maximum absolute atomic E-state index is 5.31. The minimum absolute atomic E-state index is 0.441. The molecule has 0 aromatic rings. The summed E-state index contributed by atoms with van der Waals surface area (Å²) in [6.45, 7) is 4.55. The molecule has 0 unspecified atom stereocenters. The number of allylic oxidation sites excluding steroid dienone is 2. The van der Waals surface area contributed by atoms with Gasteiger partial charge in [-0.15, -0.1) is 6.42 Å². The van der Waals surface area contributed by atoms with Crippen LogP contribution in [0, 0.1) is 17.8 Å². The lowest BCUT2D eigenvalue weighted by molar-refractivity contribution is 0.325. The van der Waals surface area contributed by atoms with E-state index in [0.717, 1.165) is 12.8 Å². The first-order valence-corrected chi connectivity index (χ1v) is 3.80. The fourth-order valence-electron chi connectivity index (χ4n) is 1.42. The zero-order valence-electron chi connectivity index (χ0n) is 6.78. The van der Waals surface area contributed by atoms with Gasteiger partial charge in [0.25, 0.3) is 0 Å². The van der Waals surface area contributed by atoms with Crippen LogP contribution in [-0.2, 0) is 0 Å². The largest absolute Gasteiger partial charge is 0.115 e. The van der Waals surface area contributed by atoms with Crippen LogP contribution in [0.15, 0.2) is 11.6 Å². The van der Waals surface area contributed by atoms with Gasteiger partial charge in [-0.25, -0.2) is 0 Å². The molecule has 0 spiro atoms. The van der Waals surface area contributed by atoms with Crippen molar-refractivity contribution in [2.24, 2.45) is 5.41 Å². The predicted molar refractivity (Wildman–Crippen MR) is 44.5 cm³/mol. The van der Waals surface area contributed by atoms with Crippen molar-refractivity contribution in [3.05, 3.63) is 11.6 Å². The van der Waals surface area contributed by atoms with Gasteiger partial charge in [0.05, 0.1) is 0 Å². The number of hydrogen-bond donors (Lipinski definition) is 0. The molecular formula is C10H14. The number of hydrogen-bond acceptors (Lipinski definition) is 0. The van der Waals surface area contributed by atoms with Crippen LogP contribution in [0.4, 0.5) is 0 Å². The zero-order chi connectivity index (χ0) is 7.61. The van der Waals surface area contributed by atoms with E-state index in [0.29, 0.717) is 5.41 Å². The van der Waals surface area contributed by atoms with Crippen molar-refractivity contribution in [3.63, 3.8) is 0 Å². The topological polar surface area (TPSA) is 0 Å². The van der Waals surface area contributed by atoms with E-state index in [9.17, 15) is 0 Å². The van der Waals surface area contributed by atoms with Gasteiger partial charge in [-0.2, -0.15) is 0 Å². The SMILES string of the molecule is C#CC1=CCCC(C)(C)C1. The monoisotopic (exact) mass is 134 g/mol. The highest BCUT2D eigenvalue weighted by atomic mass is 14.3. The Morgan fingerprint density at radius 1 is 1.60 bits per heavy atom. The summed E-state index contributed by atoms with van der Waals surface area (Å²) in [5, 5.41) is 0. The van der Waals surface area contributed by atoms with Crippen LogP contribution in [0.1, 0.15) is 33.1 Å². The van der Waals surface area contributed by atoms with E-state index >= 15 is 0 Å². The first kappa shape index (κ1) is 7.41. The van der Waals surface area contributed by atoms with Gasteiger partial charge in [0.15, 0.2) is 0 Å². The maximum Gasteiger partial charge on any atom is -0.00170 e. The van der Waals surface area contributed by atoms with Crippen molar-refractivity contribution in [1.29, 1.82) is 0 Å². The molecule has 0 saturated heterocycles. The zero-order valence-corrected chi connectivity index (χ0v) is 6.78. The van der Waals surface area contributed by atoms with E-state index in [1.54, 1.807) is 0 Å². The first-order chi connectivity index (χ1) is 4.64. The van der Waals surface area contributed by atoms with Crippen LogP contribution in [0.3, 0.4) is 0 Å². The normalized spacial score (nSPS) is 23.1. The highest BCUT2D eigenvalue weighted by Crippen LogP contribution is 2.34. The summed E-state index contributed by atoms with van der Waals surface area (Å²) < 4.78 is 0. The summed E-state index contributed by atoms with van der Waals surface area (Å²) in [4.78, 5) is 0. The number of rotatable bonds is 0. The van der Waals surface area contributed by atoms with Gasteiger partial charge in [0, 0.05) is 0 Å². The van der Waals surface area contributed by atoms with Crippen LogP contribution < -0.4 is 0 Å². The molecule has 0 N–H and O–H groups in total. The molecule has 54 valence electrons. The third-order valence-electron chi connectivity index (χ3n) is 2.07. The van der Waals surface area contributed by atoms with Gasteiger partial charge in [-0.05, 0) is 30.3 Å². The highest BCUT2D eigenvalue weighted by molar-refractivity contribution is 5.27. The Morgan fingerprint density at radius 3 is 2.70 bits per heavy atom. The Bertz CT molecular complexity index is 189. The maximum atomic E-state index is 5.31. The molecule has 1 rings (SSSR count). The molecule has 10 heavy (non-hydrogen) atoms. The average Bonchev–Trinajstić information content (AvgIpc) is 1.86. The van der Waals surface area contributed by atoms with E-state index in [4.69, 9.17) is 6.42 Å². The fraction of sp³-hybridized carbons (Fsp3) is 0.600. The molecule has 1 aliphatic carbocycles. The van der Waals surface area contributed by atoms with Gasteiger partial charge >= 0.3 is 0 Å². The van der Waals surface area contributed by atoms with E-state index < -0.39 is 0 Å². The van der Waals surface area contributed by atoms with Crippen molar-refractivity contribution >= 4 is 0 Å². The van der Waals surface area contributed by atoms with Gasteiger partial charge < -0.3 is 0 Å². The molecule has 0 fully saturated rings. The molecule has 0 saturated carbocycles. The molecule has 0 amide bonds. The highest BCUT2D eigenvalue weighted by Gasteiger charge is 2.21. The summed E-state index contributed by atoms with van der Waals surface area (Å²) in [5.74, 6) is 2.72. The van der Waals surface area contributed by atoms with E-state index in [2.05, 4.69) is 25.8 Å². The summed E-state index contributed by atoms with van der Waals surface area (Å²) in [7, 11) is 0. The average molecular weight is 134 g/mol. The van der Waals surface area contributed by atoms with Crippen LogP contribution in [-0.4, -0.2) is 0 Å². The lowest BCUT2D eigenvalue weighted by atomic mass is 9.78. The minimum Gasteiger partial charge on any atom is -0.115 e. The summed E-state index contributed by atoms with van der Waals surface area (Å²) in [6, 6.07) is 0. The Kier molecular flexibility index (Phi) is 1.85. The van der Waals surface area contributed by atoms with Crippen LogP contribution in [0.25, 0.3) is 0 Å². The molecular weight excluding hydrogens is 120 g/mol. The van der Waals surface area contributed by atoms with Crippen LogP contribution in [0.2, 0.25) is 0 Å². The smallest absolute Gasteiger partial charge is 0.00170 e.